The number of amides is 1. The lowest BCUT2D eigenvalue weighted by Crippen LogP contribution is -2.37. The summed E-state index contributed by atoms with van der Waals surface area (Å²) in [5.74, 6) is 0.291. The predicted octanol–water partition coefficient (Wildman–Crippen LogP) is 4.31. The summed E-state index contributed by atoms with van der Waals surface area (Å²) in [6, 6.07) is 10.6. The number of hydrogen-bond donors (Lipinski definition) is 0. The van der Waals surface area contributed by atoms with Gasteiger partial charge in [0.15, 0.2) is 0 Å². The molecular formula is C19H25NO4S2. The van der Waals surface area contributed by atoms with Gasteiger partial charge in [0.1, 0.15) is 5.75 Å². The first-order valence-corrected chi connectivity index (χ1v) is 11.0. The van der Waals surface area contributed by atoms with Crippen LogP contribution in [-0.2, 0) is 16.7 Å². The topological polar surface area (TPSA) is 63.7 Å². The Morgan fingerprint density at radius 1 is 1.15 bits per heavy atom. The molecular weight excluding hydrogens is 370 g/mol. The van der Waals surface area contributed by atoms with Crippen LogP contribution < -0.4 is 4.18 Å². The van der Waals surface area contributed by atoms with E-state index in [4.69, 9.17) is 4.18 Å². The summed E-state index contributed by atoms with van der Waals surface area (Å²) in [7, 11) is -3.61. The van der Waals surface area contributed by atoms with Gasteiger partial charge in [0.2, 0.25) is 0 Å². The second kappa shape index (κ2) is 8.68. The van der Waals surface area contributed by atoms with Gasteiger partial charge in [-0.25, -0.2) is 0 Å². The molecule has 1 amide bonds. The molecule has 0 spiro atoms. The Morgan fingerprint density at radius 2 is 1.81 bits per heavy atom. The van der Waals surface area contributed by atoms with Crippen LogP contribution in [0.3, 0.4) is 0 Å². The first kappa shape index (κ1) is 20.5. The van der Waals surface area contributed by atoms with E-state index < -0.39 is 15.4 Å². The fraction of sp³-hybridized carbons (Fsp3) is 0.421. The molecule has 1 aromatic heterocycles. The first-order chi connectivity index (χ1) is 12.2. The van der Waals surface area contributed by atoms with E-state index in [2.05, 4.69) is 0 Å². The fourth-order valence-electron chi connectivity index (χ4n) is 2.27. The maximum absolute atomic E-state index is 12.8. The molecule has 2 aromatic rings. The summed E-state index contributed by atoms with van der Waals surface area (Å²) in [6.45, 7) is 7.68. The van der Waals surface area contributed by atoms with E-state index in [1.54, 1.807) is 38.1 Å². The van der Waals surface area contributed by atoms with Crippen LogP contribution in [-0.4, -0.2) is 30.5 Å². The molecule has 1 aromatic carbocycles. The van der Waals surface area contributed by atoms with Crippen LogP contribution in [0, 0.1) is 0 Å². The molecule has 2 rings (SSSR count). The largest absolute Gasteiger partial charge is 0.382 e. The molecule has 0 unspecified atom stereocenters. The van der Waals surface area contributed by atoms with Crippen molar-refractivity contribution in [2.75, 3.05) is 0 Å². The summed E-state index contributed by atoms with van der Waals surface area (Å²) < 4.78 is 28.8. The molecule has 1 heterocycles. The smallest absolute Gasteiger partial charge is 0.311 e. The van der Waals surface area contributed by atoms with Crippen molar-refractivity contribution in [1.82, 2.24) is 4.90 Å². The van der Waals surface area contributed by atoms with E-state index in [0.717, 1.165) is 12.0 Å². The predicted molar refractivity (Wildman–Crippen MR) is 105 cm³/mol. The molecule has 0 aliphatic carbocycles. The van der Waals surface area contributed by atoms with E-state index in [0.29, 0.717) is 11.4 Å². The summed E-state index contributed by atoms with van der Waals surface area (Å²) in [6.07, 6.45) is 0.852. The number of carbonyl (C=O) groups is 1. The number of benzene rings is 1. The molecule has 0 bridgehead atoms. The van der Waals surface area contributed by atoms with Gasteiger partial charge in [-0.3, -0.25) is 4.79 Å². The summed E-state index contributed by atoms with van der Waals surface area (Å²) in [5.41, 5.74) is 0.921. The summed E-state index contributed by atoms with van der Waals surface area (Å²) in [5, 5.41) is 1.29. The molecule has 0 aliphatic rings. The summed E-state index contributed by atoms with van der Waals surface area (Å²) >= 11 is 1.43. The van der Waals surface area contributed by atoms with E-state index in [1.807, 2.05) is 36.3 Å². The normalized spacial score (nSPS) is 12.8. The third kappa shape index (κ3) is 5.08. The maximum Gasteiger partial charge on any atom is 0.311 e. The Morgan fingerprint density at radius 3 is 2.31 bits per heavy atom. The molecule has 7 heteroatoms. The van der Waals surface area contributed by atoms with Gasteiger partial charge in [-0.1, -0.05) is 25.1 Å². The highest BCUT2D eigenvalue weighted by atomic mass is 32.2. The van der Waals surface area contributed by atoms with Crippen molar-refractivity contribution in [3.63, 3.8) is 0 Å². The van der Waals surface area contributed by atoms with Gasteiger partial charge >= 0.3 is 10.1 Å². The number of rotatable bonds is 8. The van der Waals surface area contributed by atoms with Gasteiger partial charge in [0, 0.05) is 12.6 Å². The second-order valence-electron chi connectivity index (χ2n) is 6.44. The molecule has 1 atom stereocenters. The van der Waals surface area contributed by atoms with Crippen LogP contribution >= 0.6 is 11.3 Å². The van der Waals surface area contributed by atoms with Crippen molar-refractivity contribution in [1.29, 1.82) is 0 Å². The zero-order valence-corrected chi connectivity index (χ0v) is 17.1. The van der Waals surface area contributed by atoms with Crippen LogP contribution in [0.15, 0.2) is 41.8 Å². The van der Waals surface area contributed by atoms with Crippen molar-refractivity contribution in [2.45, 2.75) is 52.0 Å². The minimum Gasteiger partial charge on any atom is -0.382 e. The van der Waals surface area contributed by atoms with Gasteiger partial charge in [-0.15, -0.1) is 11.3 Å². The lowest BCUT2D eigenvalue weighted by molar-refractivity contribution is 0.0676. The fourth-order valence-corrected chi connectivity index (χ4v) is 3.52. The lowest BCUT2D eigenvalue weighted by atomic mass is 10.1. The van der Waals surface area contributed by atoms with E-state index in [1.165, 1.54) is 11.3 Å². The van der Waals surface area contributed by atoms with E-state index >= 15 is 0 Å². The Hall–Kier alpha value is -1.86. The number of hydrogen-bond acceptors (Lipinski definition) is 5. The molecule has 0 N–H and O–H groups in total. The van der Waals surface area contributed by atoms with Crippen molar-refractivity contribution >= 4 is 27.4 Å². The molecule has 142 valence electrons. The third-order valence-corrected chi connectivity index (χ3v) is 6.62. The summed E-state index contributed by atoms with van der Waals surface area (Å²) in [4.78, 5) is 15.3. The van der Waals surface area contributed by atoms with Gasteiger partial charge < -0.3 is 9.08 Å². The van der Waals surface area contributed by atoms with Crippen LogP contribution in [0.5, 0.6) is 5.75 Å². The van der Waals surface area contributed by atoms with Gasteiger partial charge in [0.25, 0.3) is 5.91 Å². The van der Waals surface area contributed by atoms with Crippen LogP contribution in [0.25, 0.3) is 0 Å². The minimum absolute atomic E-state index is 0.0112. The maximum atomic E-state index is 12.8. The highest BCUT2D eigenvalue weighted by Crippen LogP contribution is 2.21. The van der Waals surface area contributed by atoms with Gasteiger partial charge in [0.05, 0.1) is 10.1 Å². The average molecular weight is 396 g/mol. The first-order valence-electron chi connectivity index (χ1n) is 8.61. The SMILES string of the molecule is CC[C@@H](C)N(Cc1ccc(OS(=O)(=O)C(C)C)cc1)C(=O)c1cccs1. The number of nitrogens with zero attached hydrogens (tertiary/aromatic N) is 1. The highest BCUT2D eigenvalue weighted by Gasteiger charge is 2.22. The van der Waals surface area contributed by atoms with Gasteiger partial charge in [-0.2, -0.15) is 8.42 Å². The monoisotopic (exact) mass is 395 g/mol. The Bertz CT molecular complexity index is 812. The number of thiophene rings is 1. The highest BCUT2D eigenvalue weighted by molar-refractivity contribution is 7.87. The second-order valence-corrected chi connectivity index (χ2v) is 9.48. The molecule has 0 fully saturated rings. The van der Waals surface area contributed by atoms with Crippen molar-refractivity contribution < 1.29 is 17.4 Å². The lowest BCUT2D eigenvalue weighted by Gasteiger charge is -2.28. The average Bonchev–Trinajstić information content (AvgIpc) is 3.14. The van der Waals surface area contributed by atoms with Gasteiger partial charge in [-0.05, 0) is 56.3 Å². The molecule has 0 saturated carbocycles. The van der Waals surface area contributed by atoms with Crippen LogP contribution in [0.4, 0.5) is 0 Å². The quantitative estimate of drug-likeness (QED) is 0.625. The zero-order valence-electron chi connectivity index (χ0n) is 15.5. The van der Waals surface area contributed by atoms with E-state index in [-0.39, 0.29) is 17.7 Å². The van der Waals surface area contributed by atoms with Crippen molar-refractivity contribution in [3.05, 3.63) is 52.2 Å². The molecule has 5 nitrogen and oxygen atoms in total. The van der Waals surface area contributed by atoms with Crippen LogP contribution in [0.2, 0.25) is 0 Å². The molecule has 0 radical (unpaired) electrons. The minimum atomic E-state index is -3.61. The Labute approximate surface area is 159 Å². The molecule has 0 saturated heterocycles. The van der Waals surface area contributed by atoms with Crippen LogP contribution in [0.1, 0.15) is 49.4 Å². The van der Waals surface area contributed by atoms with E-state index in [9.17, 15) is 13.2 Å². The standard InChI is InChI=1S/C19H25NO4S2/c1-5-15(4)20(19(21)18-7-6-12-25-18)13-16-8-10-17(11-9-16)24-26(22,23)14(2)3/h6-12,14-15H,5,13H2,1-4H3/t15-/m1/s1. The third-order valence-electron chi connectivity index (χ3n) is 4.18. The molecule has 0 aliphatic heterocycles. The Kier molecular flexibility index (Phi) is 6.83. The molecule has 26 heavy (non-hydrogen) atoms. The van der Waals surface area contributed by atoms with Crippen molar-refractivity contribution in [2.24, 2.45) is 0 Å². The number of carbonyl (C=O) groups excluding carboxylic acids is 1. The Balaban J connectivity index is 2.15. The van der Waals surface area contributed by atoms with Crippen molar-refractivity contribution in [3.8, 4) is 5.75 Å². The zero-order chi connectivity index (χ0) is 19.3.